The zero-order chi connectivity index (χ0) is 23.1. The van der Waals surface area contributed by atoms with Gasteiger partial charge in [-0.3, -0.25) is 9.59 Å². The van der Waals surface area contributed by atoms with Gasteiger partial charge < -0.3 is 10.2 Å². The average Bonchev–Trinajstić information content (AvgIpc) is 3.40. The van der Waals surface area contributed by atoms with E-state index in [0.29, 0.717) is 49.9 Å². The molecule has 32 heavy (non-hydrogen) atoms. The van der Waals surface area contributed by atoms with Crippen molar-refractivity contribution in [1.29, 1.82) is 0 Å². The molecule has 2 aromatic carbocycles. The SMILES string of the molecule is Cc1ccc(C)c(S(=O)(=O)C2(C(=O)Nc3ccc(N4CCCC4=O)c(C)c3)CCCC2)c1. The summed E-state index contributed by atoms with van der Waals surface area (Å²) in [6.45, 7) is 6.22. The molecular weight excluding hydrogens is 424 g/mol. The number of benzene rings is 2. The van der Waals surface area contributed by atoms with Gasteiger partial charge in [-0.25, -0.2) is 8.42 Å². The van der Waals surface area contributed by atoms with E-state index in [2.05, 4.69) is 5.32 Å². The Hall–Kier alpha value is -2.67. The third-order valence-electron chi connectivity index (χ3n) is 6.79. The quantitative estimate of drug-likeness (QED) is 0.723. The number of carbonyl (C=O) groups is 2. The van der Waals surface area contributed by atoms with Crippen LogP contribution in [0.4, 0.5) is 11.4 Å². The lowest BCUT2D eigenvalue weighted by Crippen LogP contribution is -2.47. The van der Waals surface area contributed by atoms with E-state index < -0.39 is 20.5 Å². The molecule has 6 nitrogen and oxygen atoms in total. The summed E-state index contributed by atoms with van der Waals surface area (Å²) in [5, 5.41) is 2.88. The van der Waals surface area contributed by atoms with Gasteiger partial charge in [0, 0.05) is 24.3 Å². The van der Waals surface area contributed by atoms with E-state index in [9.17, 15) is 18.0 Å². The van der Waals surface area contributed by atoms with Crippen molar-refractivity contribution >= 4 is 33.0 Å². The fourth-order valence-corrected chi connectivity index (χ4v) is 7.33. The first-order valence-corrected chi connectivity index (χ1v) is 12.7. The minimum atomic E-state index is -3.88. The molecule has 4 rings (SSSR count). The van der Waals surface area contributed by atoms with Crippen LogP contribution < -0.4 is 10.2 Å². The van der Waals surface area contributed by atoms with Crippen LogP contribution in [0.15, 0.2) is 41.3 Å². The molecule has 1 saturated carbocycles. The van der Waals surface area contributed by atoms with E-state index in [1.807, 2.05) is 32.0 Å². The van der Waals surface area contributed by atoms with Crippen molar-refractivity contribution in [2.75, 3.05) is 16.8 Å². The molecule has 0 radical (unpaired) electrons. The fraction of sp³-hybridized carbons (Fsp3) is 0.440. The van der Waals surface area contributed by atoms with Crippen LogP contribution in [0.2, 0.25) is 0 Å². The zero-order valence-corrected chi connectivity index (χ0v) is 19.7. The number of hydrogen-bond acceptors (Lipinski definition) is 4. The molecule has 0 spiro atoms. The van der Waals surface area contributed by atoms with Gasteiger partial charge in [-0.05, 0) is 81.0 Å². The van der Waals surface area contributed by atoms with Crippen molar-refractivity contribution in [1.82, 2.24) is 0 Å². The number of amides is 2. The summed E-state index contributed by atoms with van der Waals surface area (Å²) in [6, 6.07) is 10.7. The van der Waals surface area contributed by atoms with Gasteiger partial charge in [-0.1, -0.05) is 25.0 Å². The Balaban J connectivity index is 1.65. The van der Waals surface area contributed by atoms with E-state index >= 15 is 0 Å². The number of hydrogen-bond donors (Lipinski definition) is 1. The number of sulfone groups is 1. The number of carbonyl (C=O) groups excluding carboxylic acids is 2. The summed E-state index contributed by atoms with van der Waals surface area (Å²) >= 11 is 0. The molecule has 2 fully saturated rings. The van der Waals surface area contributed by atoms with Crippen LogP contribution >= 0.6 is 0 Å². The highest BCUT2D eigenvalue weighted by Crippen LogP contribution is 2.42. The molecule has 0 atom stereocenters. The predicted octanol–water partition coefficient (Wildman–Crippen LogP) is 4.46. The second-order valence-electron chi connectivity index (χ2n) is 9.08. The molecular formula is C25H30N2O4S. The molecule has 1 N–H and O–H groups in total. The fourth-order valence-electron chi connectivity index (χ4n) is 4.96. The lowest BCUT2D eigenvalue weighted by molar-refractivity contribution is -0.118. The van der Waals surface area contributed by atoms with Crippen LogP contribution in [0.3, 0.4) is 0 Å². The topological polar surface area (TPSA) is 83.6 Å². The summed E-state index contributed by atoms with van der Waals surface area (Å²) in [4.78, 5) is 27.6. The molecule has 0 unspecified atom stereocenters. The van der Waals surface area contributed by atoms with Gasteiger partial charge in [0.1, 0.15) is 0 Å². The number of nitrogens with one attached hydrogen (secondary N) is 1. The van der Waals surface area contributed by atoms with Gasteiger partial charge in [-0.15, -0.1) is 0 Å². The van der Waals surface area contributed by atoms with Gasteiger partial charge in [0.25, 0.3) is 0 Å². The Labute approximate surface area is 189 Å². The van der Waals surface area contributed by atoms with Crippen molar-refractivity contribution < 1.29 is 18.0 Å². The van der Waals surface area contributed by atoms with Crippen LogP contribution in [0.25, 0.3) is 0 Å². The van der Waals surface area contributed by atoms with Crippen molar-refractivity contribution in [3.63, 3.8) is 0 Å². The summed E-state index contributed by atoms with van der Waals surface area (Å²) in [6.07, 6.45) is 3.42. The lowest BCUT2D eigenvalue weighted by Gasteiger charge is -2.29. The Kier molecular flexibility index (Phi) is 5.88. The van der Waals surface area contributed by atoms with E-state index in [4.69, 9.17) is 0 Å². The second kappa shape index (κ2) is 8.35. The Morgan fingerprint density at radius 1 is 0.969 bits per heavy atom. The van der Waals surface area contributed by atoms with E-state index in [1.54, 1.807) is 30.0 Å². The molecule has 170 valence electrons. The first-order valence-electron chi connectivity index (χ1n) is 11.2. The highest BCUT2D eigenvalue weighted by atomic mass is 32.2. The maximum absolute atomic E-state index is 13.8. The summed E-state index contributed by atoms with van der Waals surface area (Å²) < 4.78 is 26.1. The molecule has 0 bridgehead atoms. The van der Waals surface area contributed by atoms with Gasteiger partial charge in [0.15, 0.2) is 14.6 Å². The van der Waals surface area contributed by atoms with Gasteiger partial charge in [0.05, 0.1) is 4.90 Å². The summed E-state index contributed by atoms with van der Waals surface area (Å²) in [5.74, 6) is -0.366. The van der Waals surface area contributed by atoms with Gasteiger partial charge in [-0.2, -0.15) is 0 Å². The smallest absolute Gasteiger partial charge is 0.246 e. The zero-order valence-electron chi connectivity index (χ0n) is 18.9. The second-order valence-corrected chi connectivity index (χ2v) is 11.3. The Morgan fingerprint density at radius 2 is 1.69 bits per heavy atom. The van der Waals surface area contributed by atoms with Crippen molar-refractivity contribution in [3.8, 4) is 0 Å². The molecule has 2 aliphatic rings. The molecule has 1 saturated heterocycles. The van der Waals surface area contributed by atoms with Crippen LogP contribution in [0, 0.1) is 20.8 Å². The minimum Gasteiger partial charge on any atom is -0.325 e. The molecule has 1 heterocycles. The van der Waals surface area contributed by atoms with E-state index in [1.165, 1.54) is 0 Å². The van der Waals surface area contributed by atoms with Crippen LogP contribution in [-0.2, 0) is 19.4 Å². The average molecular weight is 455 g/mol. The molecule has 0 aromatic heterocycles. The number of aryl methyl sites for hydroxylation is 3. The number of rotatable bonds is 5. The summed E-state index contributed by atoms with van der Waals surface area (Å²) in [7, 11) is -3.88. The minimum absolute atomic E-state index is 0.106. The van der Waals surface area contributed by atoms with Gasteiger partial charge >= 0.3 is 0 Å². The van der Waals surface area contributed by atoms with Gasteiger partial charge in [0.2, 0.25) is 11.8 Å². The lowest BCUT2D eigenvalue weighted by atomic mass is 10.1. The van der Waals surface area contributed by atoms with Crippen molar-refractivity contribution in [2.24, 2.45) is 0 Å². The third kappa shape index (κ3) is 3.72. The van der Waals surface area contributed by atoms with E-state index in [-0.39, 0.29) is 10.8 Å². The normalized spacial score (nSPS) is 18.2. The molecule has 7 heteroatoms. The monoisotopic (exact) mass is 454 g/mol. The number of anilines is 2. The van der Waals surface area contributed by atoms with Crippen LogP contribution in [0.5, 0.6) is 0 Å². The van der Waals surface area contributed by atoms with E-state index in [0.717, 1.165) is 23.2 Å². The molecule has 1 aliphatic heterocycles. The Morgan fingerprint density at radius 3 is 2.31 bits per heavy atom. The first-order chi connectivity index (χ1) is 15.2. The predicted molar refractivity (Wildman–Crippen MR) is 126 cm³/mol. The number of nitrogens with zero attached hydrogens (tertiary/aromatic N) is 1. The molecule has 2 amide bonds. The molecule has 2 aromatic rings. The van der Waals surface area contributed by atoms with Crippen molar-refractivity contribution in [3.05, 3.63) is 53.1 Å². The Bertz CT molecular complexity index is 1180. The third-order valence-corrected chi connectivity index (χ3v) is 9.43. The molecule has 1 aliphatic carbocycles. The summed E-state index contributed by atoms with van der Waals surface area (Å²) in [5.41, 5.74) is 3.76. The van der Waals surface area contributed by atoms with Crippen molar-refractivity contribution in [2.45, 2.75) is 68.9 Å². The standard InChI is InChI=1S/C25H30N2O4S/c1-17-8-9-18(2)22(15-17)32(30,31)25(12-4-5-13-25)24(29)26-20-10-11-21(19(3)16-20)27-14-6-7-23(27)28/h8-11,15-16H,4-7,12-14H2,1-3H3,(H,26,29). The maximum Gasteiger partial charge on any atom is 0.246 e. The highest BCUT2D eigenvalue weighted by Gasteiger charge is 2.53. The van der Waals surface area contributed by atoms with Crippen LogP contribution in [-0.4, -0.2) is 31.5 Å². The first kappa shape index (κ1) is 22.5. The van der Waals surface area contributed by atoms with Crippen LogP contribution in [0.1, 0.15) is 55.2 Å². The maximum atomic E-state index is 13.8. The largest absolute Gasteiger partial charge is 0.325 e. The highest BCUT2D eigenvalue weighted by molar-refractivity contribution is 7.93.